The van der Waals surface area contributed by atoms with Crippen LogP contribution in [0.15, 0.2) is 16.5 Å². The number of aromatic nitrogens is 2. The Morgan fingerprint density at radius 1 is 1.30 bits per heavy atom. The fraction of sp³-hybridized carbons (Fsp3) is 0.619. The van der Waals surface area contributed by atoms with E-state index in [9.17, 15) is 4.79 Å². The van der Waals surface area contributed by atoms with Crippen LogP contribution in [0.5, 0.6) is 0 Å². The van der Waals surface area contributed by atoms with Gasteiger partial charge in [-0.25, -0.2) is 0 Å². The summed E-state index contributed by atoms with van der Waals surface area (Å²) in [6.07, 6.45) is 1.81. The summed E-state index contributed by atoms with van der Waals surface area (Å²) < 4.78 is 7.90. The van der Waals surface area contributed by atoms with Gasteiger partial charge in [0.2, 0.25) is 5.91 Å². The molecule has 27 heavy (non-hydrogen) atoms. The fourth-order valence-electron chi connectivity index (χ4n) is 4.57. The number of nitrogens with zero attached hydrogens (tertiary/aromatic N) is 3. The van der Waals surface area contributed by atoms with E-state index in [0.29, 0.717) is 18.9 Å². The van der Waals surface area contributed by atoms with Crippen molar-refractivity contribution in [3.8, 4) is 0 Å². The molecule has 0 spiro atoms. The number of hydrogen-bond donors (Lipinski definition) is 1. The van der Waals surface area contributed by atoms with Crippen LogP contribution in [0.2, 0.25) is 0 Å². The average molecular weight is 370 g/mol. The standard InChI is InChI=1S/C21H30N4O2/c1-12-8-17(12)18-7-6-16(27-18)11-22-10-15-9-19(26)24(4)21(15)20-13(2)23-25(5)14(20)3/h6-7,12,15,17,21-22H,8-11H2,1-5H3/t12-,15+,17+,21-/m1/s1. The van der Waals surface area contributed by atoms with Gasteiger partial charge < -0.3 is 14.6 Å². The lowest BCUT2D eigenvalue weighted by Crippen LogP contribution is -2.29. The minimum Gasteiger partial charge on any atom is -0.464 e. The quantitative estimate of drug-likeness (QED) is 0.849. The van der Waals surface area contributed by atoms with Gasteiger partial charge in [0.25, 0.3) is 0 Å². The molecule has 2 aromatic rings. The maximum atomic E-state index is 12.4. The summed E-state index contributed by atoms with van der Waals surface area (Å²) in [6, 6.07) is 4.27. The second-order valence-corrected chi connectivity index (χ2v) is 8.38. The highest BCUT2D eigenvalue weighted by atomic mass is 16.3. The van der Waals surface area contributed by atoms with Crippen molar-refractivity contribution in [2.75, 3.05) is 13.6 Å². The minimum absolute atomic E-state index is 0.0816. The highest BCUT2D eigenvalue weighted by molar-refractivity contribution is 5.79. The Hall–Kier alpha value is -2.08. The van der Waals surface area contributed by atoms with Crippen molar-refractivity contribution in [3.63, 3.8) is 0 Å². The van der Waals surface area contributed by atoms with Gasteiger partial charge in [0, 0.05) is 50.2 Å². The van der Waals surface area contributed by atoms with Gasteiger partial charge in [0.15, 0.2) is 0 Å². The minimum atomic E-state index is 0.0816. The van der Waals surface area contributed by atoms with Gasteiger partial charge in [0.05, 0.1) is 18.3 Å². The molecule has 6 nitrogen and oxygen atoms in total. The summed E-state index contributed by atoms with van der Waals surface area (Å²) in [4.78, 5) is 14.3. The molecule has 4 rings (SSSR count). The third-order valence-electron chi connectivity index (χ3n) is 6.42. The SMILES string of the molecule is Cc1nn(C)c(C)c1[C@H]1[C@H](CNCc2ccc([C@H]3C[C@H]3C)o2)CC(=O)N1C. The molecular formula is C21H30N4O2. The fourth-order valence-corrected chi connectivity index (χ4v) is 4.57. The Kier molecular flexibility index (Phi) is 4.62. The van der Waals surface area contributed by atoms with E-state index < -0.39 is 0 Å². The van der Waals surface area contributed by atoms with Gasteiger partial charge in [-0.3, -0.25) is 9.48 Å². The normalized spacial score (nSPS) is 27.6. The first-order chi connectivity index (χ1) is 12.9. The van der Waals surface area contributed by atoms with E-state index in [0.717, 1.165) is 35.4 Å². The Bertz CT molecular complexity index is 852. The molecule has 2 aromatic heterocycles. The van der Waals surface area contributed by atoms with E-state index in [4.69, 9.17) is 4.42 Å². The van der Waals surface area contributed by atoms with Gasteiger partial charge in [0.1, 0.15) is 11.5 Å². The molecule has 2 aliphatic rings. The van der Waals surface area contributed by atoms with Crippen molar-refractivity contribution in [2.45, 2.75) is 52.1 Å². The molecule has 0 unspecified atom stereocenters. The number of aryl methyl sites for hydroxylation is 2. The Labute approximate surface area is 160 Å². The number of rotatable bonds is 6. The van der Waals surface area contributed by atoms with Gasteiger partial charge in [-0.2, -0.15) is 5.10 Å². The number of hydrogen-bond acceptors (Lipinski definition) is 4. The van der Waals surface area contributed by atoms with Crippen LogP contribution in [-0.2, 0) is 18.4 Å². The van der Waals surface area contributed by atoms with Crippen molar-refractivity contribution in [1.82, 2.24) is 20.0 Å². The predicted molar refractivity (Wildman–Crippen MR) is 103 cm³/mol. The molecule has 1 aliphatic carbocycles. The predicted octanol–water partition coefficient (Wildman–Crippen LogP) is 3.06. The number of carbonyl (C=O) groups excluding carboxylic acids is 1. The van der Waals surface area contributed by atoms with Crippen LogP contribution in [-0.4, -0.2) is 34.2 Å². The largest absolute Gasteiger partial charge is 0.464 e. The summed E-state index contributed by atoms with van der Waals surface area (Å²) >= 11 is 0. The zero-order valence-corrected chi connectivity index (χ0v) is 17.0. The Morgan fingerprint density at radius 2 is 2.04 bits per heavy atom. The molecule has 4 atom stereocenters. The van der Waals surface area contributed by atoms with Gasteiger partial charge in [-0.15, -0.1) is 0 Å². The first-order valence-electron chi connectivity index (χ1n) is 9.92. The number of amides is 1. The molecule has 1 saturated heterocycles. The summed E-state index contributed by atoms with van der Waals surface area (Å²) in [5, 5.41) is 8.07. The molecule has 1 saturated carbocycles. The number of furan rings is 1. The van der Waals surface area contributed by atoms with Crippen molar-refractivity contribution in [3.05, 3.63) is 40.6 Å². The first kappa shape index (κ1) is 18.3. The van der Waals surface area contributed by atoms with Crippen LogP contribution in [0.4, 0.5) is 0 Å². The van der Waals surface area contributed by atoms with Crippen LogP contribution in [0.3, 0.4) is 0 Å². The second-order valence-electron chi connectivity index (χ2n) is 8.38. The molecule has 1 aliphatic heterocycles. The monoisotopic (exact) mass is 370 g/mol. The van der Waals surface area contributed by atoms with Crippen LogP contribution >= 0.6 is 0 Å². The van der Waals surface area contributed by atoms with Crippen LogP contribution < -0.4 is 5.32 Å². The van der Waals surface area contributed by atoms with Crippen molar-refractivity contribution in [2.24, 2.45) is 18.9 Å². The van der Waals surface area contributed by atoms with Gasteiger partial charge in [-0.1, -0.05) is 6.92 Å². The molecule has 1 amide bonds. The molecule has 1 N–H and O–H groups in total. The topological polar surface area (TPSA) is 63.3 Å². The third-order valence-corrected chi connectivity index (χ3v) is 6.42. The van der Waals surface area contributed by atoms with Crippen LogP contribution in [0.1, 0.15) is 60.2 Å². The molecule has 0 aromatic carbocycles. The van der Waals surface area contributed by atoms with E-state index in [-0.39, 0.29) is 17.9 Å². The summed E-state index contributed by atoms with van der Waals surface area (Å²) in [7, 11) is 3.87. The molecule has 3 heterocycles. The zero-order valence-electron chi connectivity index (χ0n) is 17.0. The summed E-state index contributed by atoms with van der Waals surface area (Å²) in [6.45, 7) is 7.87. The van der Waals surface area contributed by atoms with Gasteiger partial charge >= 0.3 is 0 Å². The average Bonchev–Trinajstić information content (AvgIpc) is 2.94. The van der Waals surface area contributed by atoms with E-state index in [1.807, 2.05) is 30.6 Å². The smallest absolute Gasteiger partial charge is 0.223 e. The summed E-state index contributed by atoms with van der Waals surface area (Å²) in [5.41, 5.74) is 3.35. The van der Waals surface area contributed by atoms with Gasteiger partial charge in [-0.05, 0) is 38.3 Å². The Balaban J connectivity index is 1.42. The third kappa shape index (κ3) is 3.31. The second kappa shape index (κ2) is 6.82. The molecule has 0 radical (unpaired) electrons. The lowest BCUT2D eigenvalue weighted by molar-refractivity contribution is -0.127. The maximum absolute atomic E-state index is 12.4. The lowest BCUT2D eigenvalue weighted by atomic mass is 9.92. The number of carbonyl (C=O) groups is 1. The molecule has 146 valence electrons. The molecule has 0 bridgehead atoms. The zero-order chi connectivity index (χ0) is 19.3. The van der Waals surface area contributed by atoms with Crippen molar-refractivity contribution >= 4 is 5.91 Å². The molecular weight excluding hydrogens is 340 g/mol. The van der Waals surface area contributed by atoms with Crippen LogP contribution in [0, 0.1) is 25.7 Å². The molecule has 2 fully saturated rings. The van der Waals surface area contributed by atoms with Crippen molar-refractivity contribution in [1.29, 1.82) is 0 Å². The maximum Gasteiger partial charge on any atom is 0.223 e. The van der Waals surface area contributed by atoms with E-state index in [1.165, 1.54) is 12.0 Å². The highest BCUT2D eigenvalue weighted by Gasteiger charge is 2.41. The van der Waals surface area contributed by atoms with Crippen LogP contribution in [0.25, 0.3) is 0 Å². The molecule has 6 heteroatoms. The first-order valence-corrected chi connectivity index (χ1v) is 9.92. The summed E-state index contributed by atoms with van der Waals surface area (Å²) in [5.74, 6) is 3.91. The lowest BCUT2D eigenvalue weighted by Gasteiger charge is -2.26. The van der Waals surface area contributed by atoms with E-state index >= 15 is 0 Å². The number of nitrogens with one attached hydrogen (secondary N) is 1. The highest BCUT2D eigenvalue weighted by Crippen LogP contribution is 2.47. The van der Waals surface area contributed by atoms with E-state index in [1.54, 1.807) is 0 Å². The Morgan fingerprint density at radius 3 is 2.67 bits per heavy atom. The number of likely N-dealkylation sites (tertiary alicyclic amines) is 1. The van der Waals surface area contributed by atoms with Crippen molar-refractivity contribution < 1.29 is 9.21 Å². The van der Waals surface area contributed by atoms with E-state index in [2.05, 4.69) is 36.4 Å².